The average molecular weight is 408 g/mol. The summed E-state index contributed by atoms with van der Waals surface area (Å²) >= 11 is 0. The first-order valence-electron chi connectivity index (χ1n) is 9.73. The van der Waals surface area contributed by atoms with Gasteiger partial charge >= 0.3 is 0 Å². The first-order valence-corrected chi connectivity index (χ1v) is 9.73. The normalized spacial score (nSPS) is 18.8. The molecule has 3 aromatic rings. The summed E-state index contributed by atoms with van der Waals surface area (Å²) < 4.78 is 7.50. The van der Waals surface area contributed by atoms with E-state index in [1.165, 1.54) is 4.90 Å². The molecule has 0 radical (unpaired) electrons. The molecule has 156 valence electrons. The van der Waals surface area contributed by atoms with E-state index in [0.29, 0.717) is 41.6 Å². The van der Waals surface area contributed by atoms with E-state index in [1.807, 2.05) is 37.2 Å². The maximum Gasteiger partial charge on any atom is 0.295 e. The van der Waals surface area contributed by atoms with Crippen LogP contribution in [0, 0.1) is 13.8 Å². The second kappa shape index (κ2) is 7.46. The number of furan rings is 1. The largest absolute Gasteiger partial charge is 0.505 e. The van der Waals surface area contributed by atoms with E-state index in [1.54, 1.807) is 36.6 Å². The van der Waals surface area contributed by atoms with E-state index >= 15 is 0 Å². The van der Waals surface area contributed by atoms with E-state index in [2.05, 4.69) is 4.98 Å². The highest BCUT2D eigenvalue weighted by atomic mass is 16.3. The standard InChI is InChI=1S/C22H24N4O4/c1-13-8-9-15(30-13)19-17(21(28)22(29)26(19)12-11-24(3)4)20(27)18-14(2)23-16-7-5-6-10-25(16)18/h5-10,19,27H,11-12H2,1-4H3/b20-17+/t19-/m1/s1. The fourth-order valence-electron chi connectivity index (χ4n) is 3.84. The van der Waals surface area contributed by atoms with Gasteiger partial charge in [0.2, 0.25) is 0 Å². The number of likely N-dealkylation sites (tertiary alicyclic amines) is 1. The smallest absolute Gasteiger partial charge is 0.295 e. The van der Waals surface area contributed by atoms with Crippen molar-refractivity contribution >= 4 is 23.1 Å². The predicted molar refractivity (Wildman–Crippen MR) is 111 cm³/mol. The zero-order valence-corrected chi connectivity index (χ0v) is 17.4. The van der Waals surface area contributed by atoms with Crippen LogP contribution in [0.15, 0.2) is 46.5 Å². The maximum absolute atomic E-state index is 13.0. The molecule has 8 nitrogen and oxygen atoms in total. The molecule has 0 spiro atoms. The number of carbonyl (C=O) groups is 2. The van der Waals surface area contributed by atoms with Crippen molar-refractivity contribution in [2.24, 2.45) is 0 Å². The van der Waals surface area contributed by atoms with Crippen molar-refractivity contribution in [1.82, 2.24) is 19.2 Å². The monoisotopic (exact) mass is 408 g/mol. The Morgan fingerprint density at radius 2 is 1.97 bits per heavy atom. The Balaban J connectivity index is 1.91. The molecule has 0 aromatic carbocycles. The number of aryl methyl sites for hydroxylation is 2. The number of aliphatic hydroxyl groups excluding tert-OH is 1. The second-order valence-electron chi connectivity index (χ2n) is 7.72. The summed E-state index contributed by atoms with van der Waals surface area (Å²) in [6, 6.07) is 8.19. The van der Waals surface area contributed by atoms with Gasteiger partial charge in [-0.15, -0.1) is 0 Å². The number of aromatic nitrogens is 2. The van der Waals surface area contributed by atoms with Crippen LogP contribution in [0.2, 0.25) is 0 Å². The van der Waals surface area contributed by atoms with Gasteiger partial charge in [0, 0.05) is 19.3 Å². The van der Waals surface area contributed by atoms with Crippen LogP contribution in [0.25, 0.3) is 11.4 Å². The molecule has 3 aromatic heterocycles. The summed E-state index contributed by atoms with van der Waals surface area (Å²) in [5.41, 5.74) is 1.61. The Kier molecular flexibility index (Phi) is 4.95. The fraction of sp³-hybridized carbons (Fsp3) is 0.318. The fourth-order valence-corrected chi connectivity index (χ4v) is 3.84. The number of rotatable bonds is 5. The molecular weight excluding hydrogens is 384 g/mol. The average Bonchev–Trinajstić information content (AvgIpc) is 3.34. The third-order valence-electron chi connectivity index (χ3n) is 5.29. The molecule has 1 atom stereocenters. The zero-order valence-electron chi connectivity index (χ0n) is 17.4. The summed E-state index contributed by atoms with van der Waals surface area (Å²) in [6.45, 7) is 4.45. The number of carbonyl (C=O) groups excluding carboxylic acids is 2. The first-order chi connectivity index (χ1) is 14.3. The molecule has 0 bridgehead atoms. The number of amides is 1. The topological polar surface area (TPSA) is 91.3 Å². The van der Waals surface area contributed by atoms with Crippen molar-refractivity contribution in [2.75, 3.05) is 27.2 Å². The number of Topliss-reactive ketones (excluding diaryl/α,β-unsaturated/α-hetero) is 1. The van der Waals surface area contributed by atoms with Gasteiger partial charge in [0.1, 0.15) is 28.9 Å². The Morgan fingerprint density at radius 1 is 1.20 bits per heavy atom. The summed E-state index contributed by atoms with van der Waals surface area (Å²) in [7, 11) is 3.79. The number of hydrogen-bond donors (Lipinski definition) is 1. The number of hydrogen-bond acceptors (Lipinski definition) is 6. The van der Waals surface area contributed by atoms with Crippen molar-refractivity contribution < 1.29 is 19.1 Å². The van der Waals surface area contributed by atoms with Crippen LogP contribution in [-0.2, 0) is 9.59 Å². The highest BCUT2D eigenvalue weighted by Gasteiger charge is 2.47. The summed E-state index contributed by atoms with van der Waals surface area (Å²) in [5.74, 6) is -0.525. The highest BCUT2D eigenvalue weighted by molar-refractivity contribution is 6.46. The third-order valence-corrected chi connectivity index (χ3v) is 5.29. The van der Waals surface area contributed by atoms with Gasteiger partial charge in [-0.25, -0.2) is 4.98 Å². The number of nitrogens with zero attached hydrogens (tertiary/aromatic N) is 4. The molecule has 8 heteroatoms. The Hall–Kier alpha value is -3.39. The minimum absolute atomic E-state index is 0.0156. The van der Waals surface area contributed by atoms with Crippen LogP contribution >= 0.6 is 0 Å². The van der Waals surface area contributed by atoms with Crippen LogP contribution < -0.4 is 0 Å². The lowest BCUT2D eigenvalue weighted by Crippen LogP contribution is -2.35. The van der Waals surface area contributed by atoms with Gasteiger partial charge in [-0.1, -0.05) is 6.07 Å². The Morgan fingerprint density at radius 3 is 2.63 bits per heavy atom. The SMILES string of the molecule is Cc1ccc([C@@H]2/C(=C(\O)c3c(C)nc4ccccn34)C(=O)C(=O)N2CCN(C)C)o1. The molecule has 1 amide bonds. The van der Waals surface area contributed by atoms with Gasteiger partial charge in [0.15, 0.2) is 5.76 Å². The molecule has 1 saturated heterocycles. The minimum Gasteiger partial charge on any atom is -0.505 e. The van der Waals surface area contributed by atoms with Crippen LogP contribution in [0.4, 0.5) is 0 Å². The molecule has 0 unspecified atom stereocenters. The van der Waals surface area contributed by atoms with Gasteiger partial charge in [-0.2, -0.15) is 0 Å². The van der Waals surface area contributed by atoms with E-state index < -0.39 is 17.7 Å². The van der Waals surface area contributed by atoms with Crippen LogP contribution in [0.3, 0.4) is 0 Å². The lowest BCUT2D eigenvalue weighted by Gasteiger charge is -2.24. The lowest BCUT2D eigenvalue weighted by atomic mass is 10.0. The quantitative estimate of drug-likeness (QED) is 0.396. The number of fused-ring (bicyclic) bond motifs is 1. The Labute approximate surface area is 174 Å². The molecular formula is C22H24N4O4. The van der Waals surface area contributed by atoms with Crippen LogP contribution in [0.5, 0.6) is 0 Å². The molecule has 0 aliphatic carbocycles. The number of likely N-dealkylation sites (N-methyl/N-ethyl adjacent to an activating group) is 1. The minimum atomic E-state index is -0.799. The number of imidazole rings is 1. The van der Waals surface area contributed by atoms with Crippen molar-refractivity contribution in [3.05, 3.63) is 65.0 Å². The lowest BCUT2D eigenvalue weighted by molar-refractivity contribution is -0.140. The summed E-state index contributed by atoms with van der Waals surface area (Å²) in [6.07, 6.45) is 1.76. The molecule has 4 rings (SSSR count). The molecule has 1 aliphatic rings. The molecule has 1 fully saturated rings. The van der Waals surface area contributed by atoms with Crippen molar-refractivity contribution in [3.63, 3.8) is 0 Å². The number of ketones is 1. The van der Waals surface area contributed by atoms with Gasteiger partial charge in [0.25, 0.3) is 11.7 Å². The van der Waals surface area contributed by atoms with E-state index in [4.69, 9.17) is 4.42 Å². The van der Waals surface area contributed by atoms with Crippen molar-refractivity contribution in [3.8, 4) is 0 Å². The van der Waals surface area contributed by atoms with E-state index in [0.717, 1.165) is 0 Å². The number of aliphatic hydroxyl groups is 1. The van der Waals surface area contributed by atoms with Gasteiger partial charge in [-0.05, 0) is 52.2 Å². The third kappa shape index (κ3) is 3.19. The molecule has 30 heavy (non-hydrogen) atoms. The maximum atomic E-state index is 13.0. The predicted octanol–water partition coefficient (Wildman–Crippen LogP) is 2.53. The van der Waals surface area contributed by atoms with Gasteiger partial charge in [-0.3, -0.25) is 14.0 Å². The first kappa shape index (κ1) is 19.9. The molecule has 1 aliphatic heterocycles. The summed E-state index contributed by atoms with van der Waals surface area (Å²) in [5, 5.41) is 11.3. The summed E-state index contributed by atoms with van der Waals surface area (Å²) in [4.78, 5) is 33.8. The van der Waals surface area contributed by atoms with E-state index in [-0.39, 0.29) is 11.3 Å². The van der Waals surface area contributed by atoms with Gasteiger partial charge in [0.05, 0.1) is 11.3 Å². The van der Waals surface area contributed by atoms with Crippen LogP contribution in [-0.4, -0.2) is 63.2 Å². The van der Waals surface area contributed by atoms with Crippen LogP contribution in [0.1, 0.15) is 29.0 Å². The number of pyridine rings is 1. The zero-order chi connectivity index (χ0) is 21.6. The van der Waals surface area contributed by atoms with E-state index in [9.17, 15) is 14.7 Å². The second-order valence-corrected chi connectivity index (χ2v) is 7.72. The molecule has 1 N–H and O–H groups in total. The highest BCUT2D eigenvalue weighted by Crippen LogP contribution is 2.40. The van der Waals surface area contributed by atoms with Gasteiger partial charge < -0.3 is 19.3 Å². The molecule has 0 saturated carbocycles. The molecule has 4 heterocycles. The Bertz CT molecular complexity index is 1170. The van der Waals surface area contributed by atoms with Crippen molar-refractivity contribution in [1.29, 1.82) is 0 Å². The van der Waals surface area contributed by atoms with Crippen molar-refractivity contribution in [2.45, 2.75) is 19.9 Å².